The largest absolute Gasteiger partial charge is 0.307 e. The molecule has 0 spiro atoms. The lowest BCUT2D eigenvalue weighted by atomic mass is 10.4. The summed E-state index contributed by atoms with van der Waals surface area (Å²) >= 11 is 0. The van der Waals surface area contributed by atoms with Gasteiger partial charge in [-0.1, -0.05) is 34.6 Å². The van der Waals surface area contributed by atoms with Crippen LogP contribution in [0.25, 0.3) is 0 Å². The molecule has 0 N–H and O–H groups in total. The lowest BCUT2D eigenvalue weighted by Gasteiger charge is -2.10. The molecule has 2 aliphatic heterocycles. The Kier molecular flexibility index (Phi) is 17.7. The first-order valence-corrected chi connectivity index (χ1v) is 10.0. The van der Waals surface area contributed by atoms with Crippen molar-refractivity contribution >= 4 is 0 Å². The Morgan fingerprint density at radius 2 is 1.17 bits per heavy atom. The number of rotatable bonds is 6. The van der Waals surface area contributed by atoms with Gasteiger partial charge in [-0.3, -0.25) is 0 Å². The number of hydrogen-bond acceptors (Lipinski definition) is 4. The molecule has 3 unspecified atom stereocenters. The van der Waals surface area contributed by atoms with E-state index in [1.807, 2.05) is 0 Å². The Balaban J connectivity index is 0. The molecule has 2 saturated heterocycles. The minimum Gasteiger partial charge on any atom is -0.307 e. The Labute approximate surface area is 154 Å². The maximum Gasteiger partial charge on any atom is 0.0218 e. The monoisotopic (exact) mass is 344 g/mol. The van der Waals surface area contributed by atoms with Crippen LogP contribution in [0.3, 0.4) is 0 Å². The third kappa shape index (κ3) is 18.2. The number of likely N-dealkylation sites (N-methyl/N-ethyl adjacent to an activating group) is 2. The molecule has 2 fully saturated rings. The van der Waals surface area contributed by atoms with Crippen molar-refractivity contribution in [3.8, 4) is 0 Å². The van der Waals surface area contributed by atoms with Crippen LogP contribution in [0, 0.1) is 0 Å². The Hall–Kier alpha value is -0.160. The molecule has 2 aliphatic rings. The van der Waals surface area contributed by atoms with Crippen molar-refractivity contribution in [3.63, 3.8) is 0 Å². The van der Waals surface area contributed by atoms with Gasteiger partial charge in [0.25, 0.3) is 0 Å². The Morgan fingerprint density at radius 1 is 0.792 bits per heavy atom. The summed E-state index contributed by atoms with van der Waals surface area (Å²) in [6, 6.07) is 1.82. The van der Waals surface area contributed by atoms with E-state index in [-0.39, 0.29) is 0 Å². The zero-order valence-electron chi connectivity index (χ0n) is 18.6. The summed E-state index contributed by atoms with van der Waals surface area (Å²) < 4.78 is 0. The molecule has 24 heavy (non-hydrogen) atoms. The molecule has 2 rings (SSSR count). The van der Waals surface area contributed by atoms with E-state index in [4.69, 9.17) is 0 Å². The average Bonchev–Trinajstić information content (AvgIpc) is 3.47. The predicted octanol–water partition coefficient (Wildman–Crippen LogP) is 3.34. The van der Waals surface area contributed by atoms with Crippen LogP contribution in [0.5, 0.6) is 0 Å². The molecule has 4 nitrogen and oxygen atoms in total. The fourth-order valence-corrected chi connectivity index (χ4v) is 1.86. The van der Waals surface area contributed by atoms with Crippen LogP contribution >= 0.6 is 0 Å². The highest BCUT2D eigenvalue weighted by Gasteiger charge is 2.26. The van der Waals surface area contributed by atoms with E-state index in [0.717, 1.165) is 25.2 Å². The van der Waals surface area contributed by atoms with Crippen LogP contribution in [0.4, 0.5) is 0 Å². The van der Waals surface area contributed by atoms with Crippen LogP contribution in [0.1, 0.15) is 54.4 Å². The summed E-state index contributed by atoms with van der Waals surface area (Å²) in [6.45, 7) is 20.5. The lowest BCUT2D eigenvalue weighted by molar-refractivity contribution is 0.353. The first kappa shape index (κ1) is 26.1. The smallest absolute Gasteiger partial charge is 0.0218 e. The average molecular weight is 345 g/mol. The van der Waals surface area contributed by atoms with Crippen LogP contribution < -0.4 is 0 Å². The standard InChI is InChI=1S/C6H15N.C5H11N.C5H13N.C4H9N/c1-4-6-7(3)5-2;1-3-5-4-6(5)2;1-4-6(3)5-2;1-4-3-5(4)2/h4-6H2,1-3H3;5H,3-4H2,1-2H3;4-5H2,1-3H3;4H,3H2,1-2H3/t;;;4-,5?/m...1/s1. The van der Waals surface area contributed by atoms with E-state index in [1.165, 1.54) is 39.0 Å². The second-order valence-corrected chi connectivity index (χ2v) is 7.17. The van der Waals surface area contributed by atoms with Crippen molar-refractivity contribution in [3.05, 3.63) is 0 Å². The van der Waals surface area contributed by atoms with Gasteiger partial charge in [0, 0.05) is 25.2 Å². The summed E-state index contributed by atoms with van der Waals surface area (Å²) in [6.07, 6.45) is 2.60. The molecule has 0 radical (unpaired) electrons. The molecular formula is C20H48N4. The van der Waals surface area contributed by atoms with Crippen molar-refractivity contribution in [1.29, 1.82) is 0 Å². The highest BCUT2D eigenvalue weighted by atomic mass is 15.3. The van der Waals surface area contributed by atoms with Gasteiger partial charge in [-0.25, -0.2) is 0 Å². The molecule has 0 aromatic carbocycles. The molecule has 0 saturated carbocycles. The molecule has 4 atom stereocenters. The SMILES string of the molecule is CCC1CN1C.CCCN(C)CC.CCN(C)CC.C[C@@H]1CN1C. The number of hydrogen-bond donors (Lipinski definition) is 0. The first-order chi connectivity index (χ1) is 11.3. The van der Waals surface area contributed by atoms with Crippen LogP contribution in [-0.2, 0) is 0 Å². The summed E-state index contributed by atoms with van der Waals surface area (Å²) in [5, 5.41) is 0. The van der Waals surface area contributed by atoms with Gasteiger partial charge in [-0.05, 0) is 74.1 Å². The molecule has 148 valence electrons. The van der Waals surface area contributed by atoms with Gasteiger partial charge in [-0.2, -0.15) is 0 Å². The van der Waals surface area contributed by atoms with E-state index >= 15 is 0 Å². The second kappa shape index (κ2) is 16.3. The maximum atomic E-state index is 2.35. The molecule has 0 amide bonds. The van der Waals surface area contributed by atoms with Crippen molar-refractivity contribution in [2.45, 2.75) is 66.5 Å². The molecular weight excluding hydrogens is 296 g/mol. The van der Waals surface area contributed by atoms with Gasteiger partial charge in [0.2, 0.25) is 0 Å². The maximum absolute atomic E-state index is 2.35. The zero-order chi connectivity index (χ0) is 19.1. The van der Waals surface area contributed by atoms with E-state index in [1.54, 1.807) is 0 Å². The molecule has 0 aliphatic carbocycles. The van der Waals surface area contributed by atoms with Gasteiger partial charge in [-0.15, -0.1) is 0 Å². The predicted molar refractivity (Wildman–Crippen MR) is 111 cm³/mol. The van der Waals surface area contributed by atoms with Gasteiger partial charge >= 0.3 is 0 Å². The number of nitrogens with zero attached hydrogens (tertiary/aromatic N) is 4. The van der Waals surface area contributed by atoms with Gasteiger partial charge in [0.1, 0.15) is 0 Å². The van der Waals surface area contributed by atoms with Crippen molar-refractivity contribution in [2.24, 2.45) is 0 Å². The van der Waals surface area contributed by atoms with Crippen LogP contribution in [0.2, 0.25) is 0 Å². The molecule has 2 heterocycles. The van der Waals surface area contributed by atoms with Crippen molar-refractivity contribution in [1.82, 2.24) is 19.6 Å². The van der Waals surface area contributed by atoms with Crippen LogP contribution in [0.15, 0.2) is 0 Å². The Bertz CT molecular complexity index is 243. The van der Waals surface area contributed by atoms with Gasteiger partial charge < -0.3 is 19.6 Å². The molecule has 0 aromatic heterocycles. The quantitative estimate of drug-likeness (QED) is 0.685. The normalized spacial score (nSPS) is 26.5. The van der Waals surface area contributed by atoms with Crippen LogP contribution in [-0.4, -0.2) is 99.1 Å². The van der Waals surface area contributed by atoms with Gasteiger partial charge in [0.05, 0.1) is 0 Å². The molecule has 0 aromatic rings. The molecule has 0 bridgehead atoms. The molecule has 4 heteroatoms. The third-order valence-corrected chi connectivity index (χ3v) is 4.86. The highest BCUT2D eigenvalue weighted by molar-refractivity contribution is 4.83. The topological polar surface area (TPSA) is 12.5 Å². The van der Waals surface area contributed by atoms with E-state index < -0.39 is 0 Å². The third-order valence-electron chi connectivity index (χ3n) is 4.86. The minimum absolute atomic E-state index is 0.884. The van der Waals surface area contributed by atoms with E-state index in [9.17, 15) is 0 Å². The summed E-state index contributed by atoms with van der Waals surface area (Å²) in [5.41, 5.74) is 0. The Morgan fingerprint density at radius 3 is 1.21 bits per heavy atom. The summed E-state index contributed by atoms with van der Waals surface area (Å²) in [4.78, 5) is 9.19. The minimum atomic E-state index is 0.884. The van der Waals surface area contributed by atoms with E-state index in [2.05, 4.69) is 89.3 Å². The zero-order valence-corrected chi connectivity index (χ0v) is 18.6. The highest BCUT2D eigenvalue weighted by Crippen LogP contribution is 2.15. The van der Waals surface area contributed by atoms with Crippen molar-refractivity contribution in [2.75, 3.05) is 67.5 Å². The fraction of sp³-hybridized carbons (Fsp3) is 1.00. The van der Waals surface area contributed by atoms with E-state index in [0.29, 0.717) is 0 Å². The lowest BCUT2D eigenvalue weighted by Crippen LogP contribution is -2.17. The fourth-order valence-electron chi connectivity index (χ4n) is 1.86. The summed E-state index contributed by atoms with van der Waals surface area (Å²) in [5.74, 6) is 0. The second-order valence-electron chi connectivity index (χ2n) is 7.17. The summed E-state index contributed by atoms with van der Waals surface area (Å²) in [7, 11) is 8.54. The van der Waals surface area contributed by atoms with Gasteiger partial charge in [0.15, 0.2) is 0 Å². The first-order valence-electron chi connectivity index (χ1n) is 10.0. The van der Waals surface area contributed by atoms with Crippen molar-refractivity contribution < 1.29 is 0 Å².